The highest BCUT2D eigenvalue weighted by Crippen LogP contribution is 2.44. The van der Waals surface area contributed by atoms with Crippen molar-refractivity contribution in [1.82, 2.24) is 5.32 Å². The van der Waals surface area contributed by atoms with Gasteiger partial charge in [-0.25, -0.2) is 9.59 Å². The fourth-order valence-corrected chi connectivity index (χ4v) is 4.78. The molecule has 0 fully saturated rings. The van der Waals surface area contributed by atoms with E-state index in [4.69, 9.17) is 4.74 Å². The SMILES string of the molecule is CC(CNC(=O)OCC1c2ccccc2-c2ccccc21)CC(=O)Nc1c(Br)cccc1C(=O)O. The number of carboxylic acids is 1. The second kappa shape index (κ2) is 10.7. The first kappa shape index (κ1) is 24.5. The first-order valence-corrected chi connectivity index (χ1v) is 12.0. The Morgan fingerprint density at radius 3 is 2.23 bits per heavy atom. The van der Waals surface area contributed by atoms with Gasteiger partial charge in [-0.15, -0.1) is 0 Å². The molecule has 0 aliphatic heterocycles. The van der Waals surface area contributed by atoms with Crippen molar-refractivity contribution in [2.24, 2.45) is 5.92 Å². The van der Waals surface area contributed by atoms with Crippen LogP contribution in [0.4, 0.5) is 10.5 Å². The zero-order valence-electron chi connectivity index (χ0n) is 19.1. The van der Waals surface area contributed by atoms with Gasteiger partial charge in [0.05, 0.1) is 11.3 Å². The molecule has 1 aliphatic rings. The predicted molar refractivity (Wildman–Crippen MR) is 137 cm³/mol. The number of aromatic carboxylic acids is 1. The summed E-state index contributed by atoms with van der Waals surface area (Å²) >= 11 is 3.27. The van der Waals surface area contributed by atoms with Crippen LogP contribution in [0.5, 0.6) is 0 Å². The summed E-state index contributed by atoms with van der Waals surface area (Å²) in [6.45, 7) is 2.28. The maximum Gasteiger partial charge on any atom is 0.407 e. The molecular weight excluding hydrogens is 512 g/mol. The standard InChI is InChI=1S/C27H25BrN2O5/c1-16(13-24(31)30-25-21(26(32)33)11-6-12-23(25)28)14-29-27(34)35-15-22-19-9-4-2-7-17(19)18-8-3-5-10-20(18)22/h2-12,16,22H,13-15H2,1H3,(H,29,34)(H,30,31)(H,32,33). The highest BCUT2D eigenvalue weighted by atomic mass is 79.9. The lowest BCUT2D eigenvalue weighted by Crippen LogP contribution is -2.31. The smallest absolute Gasteiger partial charge is 0.407 e. The van der Waals surface area contributed by atoms with E-state index in [-0.39, 0.29) is 48.6 Å². The average Bonchev–Trinajstić information content (AvgIpc) is 3.16. The molecule has 0 radical (unpaired) electrons. The van der Waals surface area contributed by atoms with Crippen LogP contribution in [0.15, 0.2) is 71.2 Å². The number of anilines is 1. The van der Waals surface area contributed by atoms with Crippen LogP contribution in [0.3, 0.4) is 0 Å². The first-order valence-electron chi connectivity index (χ1n) is 11.3. The summed E-state index contributed by atoms with van der Waals surface area (Å²) in [5.41, 5.74) is 4.80. The van der Waals surface area contributed by atoms with Crippen LogP contribution < -0.4 is 10.6 Å². The predicted octanol–water partition coefficient (Wildman–Crippen LogP) is 5.65. The van der Waals surface area contributed by atoms with Gasteiger partial charge in [-0.1, -0.05) is 61.5 Å². The molecule has 0 bridgehead atoms. The van der Waals surface area contributed by atoms with E-state index in [1.807, 2.05) is 31.2 Å². The number of nitrogens with one attached hydrogen (secondary N) is 2. The van der Waals surface area contributed by atoms with E-state index < -0.39 is 12.1 Å². The number of hydrogen-bond donors (Lipinski definition) is 3. The van der Waals surface area contributed by atoms with Crippen molar-refractivity contribution in [3.8, 4) is 11.1 Å². The Labute approximate surface area is 211 Å². The molecule has 0 spiro atoms. The first-order chi connectivity index (χ1) is 16.8. The van der Waals surface area contributed by atoms with Crippen molar-refractivity contribution in [2.75, 3.05) is 18.5 Å². The molecule has 1 unspecified atom stereocenters. The molecule has 1 aliphatic carbocycles. The third-order valence-electron chi connectivity index (χ3n) is 5.98. The van der Waals surface area contributed by atoms with Gasteiger partial charge in [0.2, 0.25) is 5.91 Å². The number of amides is 2. The minimum absolute atomic E-state index is 0.00265. The van der Waals surface area contributed by atoms with Crippen molar-refractivity contribution in [2.45, 2.75) is 19.3 Å². The van der Waals surface area contributed by atoms with Crippen LogP contribution >= 0.6 is 15.9 Å². The highest BCUT2D eigenvalue weighted by Gasteiger charge is 2.29. The summed E-state index contributed by atoms with van der Waals surface area (Å²) in [5.74, 6) is -1.69. The van der Waals surface area contributed by atoms with E-state index in [1.165, 1.54) is 6.07 Å². The van der Waals surface area contributed by atoms with Gasteiger partial charge in [0, 0.05) is 23.4 Å². The van der Waals surface area contributed by atoms with Gasteiger partial charge in [-0.2, -0.15) is 0 Å². The number of carbonyl (C=O) groups excluding carboxylic acids is 2. The van der Waals surface area contributed by atoms with Crippen molar-refractivity contribution in [3.05, 3.63) is 87.9 Å². The molecule has 3 N–H and O–H groups in total. The number of halogens is 1. The van der Waals surface area contributed by atoms with Gasteiger partial charge in [0.15, 0.2) is 0 Å². The number of alkyl carbamates (subject to hydrolysis) is 1. The maximum atomic E-state index is 12.5. The molecule has 0 heterocycles. The third-order valence-corrected chi connectivity index (χ3v) is 6.64. The van der Waals surface area contributed by atoms with E-state index >= 15 is 0 Å². The molecule has 7 nitrogen and oxygen atoms in total. The molecule has 0 aromatic heterocycles. The van der Waals surface area contributed by atoms with Crippen molar-refractivity contribution >= 4 is 39.6 Å². The summed E-state index contributed by atoms with van der Waals surface area (Å²) in [6, 6.07) is 20.9. The van der Waals surface area contributed by atoms with Gasteiger partial charge in [0.25, 0.3) is 0 Å². The lowest BCUT2D eigenvalue weighted by Gasteiger charge is -2.16. The van der Waals surface area contributed by atoms with E-state index in [2.05, 4.69) is 50.8 Å². The molecule has 0 saturated carbocycles. The van der Waals surface area contributed by atoms with Crippen molar-refractivity contribution < 1.29 is 24.2 Å². The van der Waals surface area contributed by atoms with Gasteiger partial charge in [0.1, 0.15) is 6.61 Å². The van der Waals surface area contributed by atoms with Gasteiger partial charge >= 0.3 is 12.1 Å². The average molecular weight is 537 g/mol. The van der Waals surface area contributed by atoms with Crippen molar-refractivity contribution in [3.63, 3.8) is 0 Å². The maximum absolute atomic E-state index is 12.5. The van der Waals surface area contributed by atoms with E-state index in [0.717, 1.165) is 22.3 Å². The summed E-state index contributed by atoms with van der Waals surface area (Å²) in [6.07, 6.45) is -0.442. The minimum Gasteiger partial charge on any atom is -0.478 e. The van der Waals surface area contributed by atoms with E-state index in [9.17, 15) is 19.5 Å². The molecule has 3 aromatic rings. The molecular formula is C27H25BrN2O5. The highest BCUT2D eigenvalue weighted by molar-refractivity contribution is 9.10. The Hall–Kier alpha value is -3.65. The monoisotopic (exact) mass is 536 g/mol. The molecule has 8 heteroatoms. The van der Waals surface area contributed by atoms with Gasteiger partial charge < -0.3 is 20.5 Å². The third kappa shape index (κ3) is 5.54. The number of benzene rings is 3. The molecule has 4 rings (SSSR count). The fraction of sp³-hybridized carbons (Fsp3) is 0.222. The number of carboxylic acid groups (broad SMARTS) is 1. The lowest BCUT2D eigenvalue weighted by atomic mass is 9.98. The second-order valence-corrected chi connectivity index (χ2v) is 9.39. The number of fused-ring (bicyclic) bond motifs is 3. The van der Waals surface area contributed by atoms with Gasteiger partial charge in [-0.3, -0.25) is 4.79 Å². The number of ether oxygens (including phenoxy) is 1. The molecule has 0 saturated heterocycles. The summed E-state index contributed by atoms with van der Waals surface area (Å²) in [7, 11) is 0. The Kier molecular flexibility index (Phi) is 7.51. The Morgan fingerprint density at radius 1 is 0.971 bits per heavy atom. The summed E-state index contributed by atoms with van der Waals surface area (Å²) in [5, 5.41) is 14.7. The summed E-state index contributed by atoms with van der Waals surface area (Å²) in [4.78, 5) is 36.2. The van der Waals surface area contributed by atoms with Crippen LogP contribution in [0, 0.1) is 5.92 Å². The number of hydrogen-bond acceptors (Lipinski definition) is 4. The van der Waals surface area contributed by atoms with Crippen LogP contribution in [0.25, 0.3) is 11.1 Å². The zero-order valence-corrected chi connectivity index (χ0v) is 20.7. The Bertz CT molecular complexity index is 1230. The largest absolute Gasteiger partial charge is 0.478 e. The van der Waals surface area contributed by atoms with E-state index in [1.54, 1.807) is 12.1 Å². The topological polar surface area (TPSA) is 105 Å². The fourth-order valence-electron chi connectivity index (χ4n) is 4.32. The lowest BCUT2D eigenvalue weighted by molar-refractivity contribution is -0.116. The minimum atomic E-state index is -1.13. The molecule has 180 valence electrons. The van der Waals surface area contributed by atoms with Crippen LogP contribution in [-0.4, -0.2) is 36.2 Å². The quantitative estimate of drug-likeness (QED) is 0.345. The van der Waals surface area contributed by atoms with Crippen LogP contribution in [0.1, 0.15) is 40.7 Å². The van der Waals surface area contributed by atoms with Crippen LogP contribution in [-0.2, 0) is 9.53 Å². The van der Waals surface area contributed by atoms with Crippen molar-refractivity contribution in [1.29, 1.82) is 0 Å². The van der Waals surface area contributed by atoms with Gasteiger partial charge in [-0.05, 0) is 56.2 Å². The molecule has 2 amide bonds. The zero-order chi connectivity index (χ0) is 24.9. The number of rotatable bonds is 8. The molecule has 1 atom stereocenters. The second-order valence-electron chi connectivity index (χ2n) is 8.53. The normalized spacial score (nSPS) is 12.9. The number of para-hydroxylation sites is 1. The molecule has 35 heavy (non-hydrogen) atoms. The van der Waals surface area contributed by atoms with E-state index in [0.29, 0.717) is 4.47 Å². The van der Waals surface area contributed by atoms with Crippen LogP contribution in [0.2, 0.25) is 0 Å². The Morgan fingerprint density at radius 2 is 1.60 bits per heavy atom. The summed E-state index contributed by atoms with van der Waals surface area (Å²) < 4.78 is 6.01. The number of carbonyl (C=O) groups is 3. The Balaban J connectivity index is 1.28. The molecule has 3 aromatic carbocycles.